The van der Waals surface area contributed by atoms with Crippen LogP contribution in [-0.4, -0.2) is 12.6 Å². The Morgan fingerprint density at radius 1 is 1.29 bits per heavy atom. The summed E-state index contributed by atoms with van der Waals surface area (Å²) in [5, 5.41) is 0. The minimum atomic E-state index is -0.101. The molecule has 0 fully saturated rings. The minimum Gasteiger partial charge on any atom is -0.466 e. The number of esters is 1. The molecule has 0 bridgehead atoms. The van der Waals surface area contributed by atoms with Crippen molar-refractivity contribution in [2.45, 2.75) is 26.2 Å². The van der Waals surface area contributed by atoms with Crippen LogP contribution in [0, 0.1) is 0 Å². The van der Waals surface area contributed by atoms with E-state index in [9.17, 15) is 4.79 Å². The second-order valence-corrected chi connectivity index (χ2v) is 3.21. The van der Waals surface area contributed by atoms with Crippen molar-refractivity contribution in [3.8, 4) is 0 Å². The first kappa shape index (κ1) is 10.8. The summed E-state index contributed by atoms with van der Waals surface area (Å²) in [6.07, 6.45) is 2.13. The summed E-state index contributed by atoms with van der Waals surface area (Å²) in [5.74, 6) is -0.101. The van der Waals surface area contributed by atoms with Crippen LogP contribution in [0.5, 0.6) is 0 Å². The molecule has 0 aromatic heterocycles. The highest BCUT2D eigenvalue weighted by Crippen LogP contribution is 2.03. The lowest BCUT2D eigenvalue weighted by molar-refractivity contribution is -0.143. The van der Waals surface area contributed by atoms with E-state index in [0.29, 0.717) is 13.0 Å². The lowest BCUT2D eigenvalue weighted by Gasteiger charge is -2.02. The van der Waals surface area contributed by atoms with E-state index in [1.54, 1.807) is 0 Å². The molecule has 0 amide bonds. The van der Waals surface area contributed by atoms with E-state index in [1.165, 1.54) is 5.56 Å². The van der Waals surface area contributed by atoms with Gasteiger partial charge < -0.3 is 4.74 Å². The van der Waals surface area contributed by atoms with Crippen LogP contribution in [0.1, 0.15) is 25.3 Å². The van der Waals surface area contributed by atoms with Gasteiger partial charge in [0.05, 0.1) is 6.61 Å². The Morgan fingerprint density at radius 3 is 2.64 bits per heavy atom. The summed E-state index contributed by atoms with van der Waals surface area (Å²) in [6.45, 7) is 2.53. The molecule has 0 saturated carbocycles. The predicted octanol–water partition coefficient (Wildman–Crippen LogP) is 2.57. The first-order valence-electron chi connectivity index (χ1n) is 5.02. The molecule has 1 rings (SSSR count). The van der Waals surface area contributed by atoms with Gasteiger partial charge in [0.15, 0.2) is 0 Å². The Kier molecular flexibility index (Phi) is 4.76. The minimum absolute atomic E-state index is 0.101. The van der Waals surface area contributed by atoms with Crippen LogP contribution in [0.2, 0.25) is 0 Å². The summed E-state index contributed by atoms with van der Waals surface area (Å²) in [6, 6.07) is 9.97. The van der Waals surface area contributed by atoms with Gasteiger partial charge in [-0.2, -0.15) is 0 Å². The van der Waals surface area contributed by atoms with Crippen molar-refractivity contribution in [1.82, 2.24) is 0 Å². The largest absolute Gasteiger partial charge is 0.466 e. The normalized spacial score (nSPS) is 9.79. The number of hydrogen-bond donors (Lipinski definition) is 0. The topological polar surface area (TPSA) is 26.3 Å². The van der Waals surface area contributed by atoms with E-state index in [1.807, 2.05) is 37.3 Å². The van der Waals surface area contributed by atoms with E-state index in [4.69, 9.17) is 4.74 Å². The zero-order chi connectivity index (χ0) is 10.2. The second kappa shape index (κ2) is 6.19. The Bertz CT molecular complexity index is 267. The zero-order valence-electron chi connectivity index (χ0n) is 8.53. The smallest absolute Gasteiger partial charge is 0.306 e. The summed E-state index contributed by atoms with van der Waals surface area (Å²) in [4.78, 5) is 11.2. The predicted molar refractivity (Wildman–Crippen MR) is 56.0 cm³/mol. The highest BCUT2D eigenvalue weighted by atomic mass is 16.5. The van der Waals surface area contributed by atoms with E-state index in [-0.39, 0.29) is 5.97 Å². The van der Waals surface area contributed by atoms with Gasteiger partial charge >= 0.3 is 5.97 Å². The molecule has 0 atom stereocenters. The van der Waals surface area contributed by atoms with Gasteiger partial charge in [-0.1, -0.05) is 37.3 Å². The van der Waals surface area contributed by atoms with E-state index in [2.05, 4.69) is 0 Å². The van der Waals surface area contributed by atoms with Gasteiger partial charge in [-0.15, -0.1) is 0 Å². The Hall–Kier alpha value is -1.31. The number of carbonyl (C=O) groups excluding carboxylic acids is 1. The quantitative estimate of drug-likeness (QED) is 0.670. The molecule has 0 saturated heterocycles. The van der Waals surface area contributed by atoms with Crippen LogP contribution in [-0.2, 0) is 16.0 Å². The molecule has 14 heavy (non-hydrogen) atoms. The van der Waals surface area contributed by atoms with Crippen LogP contribution < -0.4 is 0 Å². The maximum Gasteiger partial charge on any atom is 0.306 e. The summed E-state index contributed by atoms with van der Waals surface area (Å²) in [7, 11) is 0. The van der Waals surface area contributed by atoms with E-state index in [0.717, 1.165) is 12.8 Å². The van der Waals surface area contributed by atoms with Crippen molar-refractivity contribution >= 4 is 5.97 Å². The summed E-state index contributed by atoms with van der Waals surface area (Å²) in [5.41, 5.74) is 1.18. The molecular weight excluding hydrogens is 176 g/mol. The lowest BCUT2D eigenvalue weighted by Crippen LogP contribution is -2.06. The second-order valence-electron chi connectivity index (χ2n) is 3.21. The fourth-order valence-electron chi connectivity index (χ4n) is 1.18. The number of carbonyl (C=O) groups is 1. The number of benzene rings is 1. The van der Waals surface area contributed by atoms with Crippen molar-refractivity contribution < 1.29 is 9.53 Å². The van der Waals surface area contributed by atoms with Crippen molar-refractivity contribution in [3.63, 3.8) is 0 Å². The monoisotopic (exact) mass is 192 g/mol. The molecule has 0 N–H and O–H groups in total. The Labute approximate surface area is 84.9 Å². The third-order valence-electron chi connectivity index (χ3n) is 1.93. The molecule has 0 radical (unpaired) electrons. The molecular formula is C12H16O2. The van der Waals surface area contributed by atoms with Gasteiger partial charge in [-0.25, -0.2) is 0 Å². The zero-order valence-corrected chi connectivity index (χ0v) is 8.53. The van der Waals surface area contributed by atoms with Crippen molar-refractivity contribution in [2.24, 2.45) is 0 Å². The first-order chi connectivity index (χ1) is 6.83. The number of aryl methyl sites for hydroxylation is 1. The van der Waals surface area contributed by atoms with Crippen LogP contribution in [0.3, 0.4) is 0 Å². The molecule has 0 aliphatic heterocycles. The van der Waals surface area contributed by atoms with Crippen molar-refractivity contribution in [2.75, 3.05) is 6.61 Å². The molecule has 1 aromatic rings. The van der Waals surface area contributed by atoms with Crippen LogP contribution in [0.25, 0.3) is 0 Å². The fraction of sp³-hybridized carbons (Fsp3) is 0.417. The maximum absolute atomic E-state index is 11.2. The van der Waals surface area contributed by atoms with Gasteiger partial charge in [0, 0.05) is 6.42 Å². The lowest BCUT2D eigenvalue weighted by atomic mass is 10.1. The number of ether oxygens (including phenoxy) is 1. The maximum atomic E-state index is 11.2. The van der Waals surface area contributed by atoms with Crippen LogP contribution >= 0.6 is 0 Å². The molecule has 0 spiro atoms. The third kappa shape index (κ3) is 4.08. The van der Waals surface area contributed by atoms with Gasteiger partial charge in [-0.3, -0.25) is 4.79 Å². The highest BCUT2D eigenvalue weighted by molar-refractivity contribution is 5.69. The molecule has 1 aromatic carbocycles. The Morgan fingerprint density at radius 2 is 2.00 bits per heavy atom. The average molecular weight is 192 g/mol. The average Bonchev–Trinajstić information content (AvgIpc) is 2.25. The van der Waals surface area contributed by atoms with E-state index < -0.39 is 0 Å². The summed E-state index contributed by atoms with van der Waals surface area (Å²) < 4.78 is 4.97. The van der Waals surface area contributed by atoms with Gasteiger partial charge in [-0.05, 0) is 18.4 Å². The van der Waals surface area contributed by atoms with Gasteiger partial charge in [0.2, 0.25) is 0 Å². The highest BCUT2D eigenvalue weighted by Gasteiger charge is 2.01. The molecule has 0 unspecified atom stereocenters. The van der Waals surface area contributed by atoms with Crippen LogP contribution in [0.15, 0.2) is 30.3 Å². The SMILES string of the molecule is CCCOC(=O)CCc1ccccc1. The fourth-order valence-corrected chi connectivity index (χ4v) is 1.18. The Balaban J connectivity index is 2.24. The molecule has 2 heteroatoms. The first-order valence-corrected chi connectivity index (χ1v) is 5.02. The molecule has 76 valence electrons. The van der Waals surface area contributed by atoms with Crippen LogP contribution in [0.4, 0.5) is 0 Å². The van der Waals surface area contributed by atoms with Gasteiger partial charge in [0.25, 0.3) is 0 Å². The standard InChI is InChI=1S/C12H16O2/c1-2-10-14-12(13)9-8-11-6-4-3-5-7-11/h3-7H,2,8-10H2,1H3. The molecule has 0 heterocycles. The number of rotatable bonds is 5. The number of hydrogen-bond acceptors (Lipinski definition) is 2. The van der Waals surface area contributed by atoms with E-state index >= 15 is 0 Å². The van der Waals surface area contributed by atoms with Gasteiger partial charge in [0.1, 0.15) is 0 Å². The van der Waals surface area contributed by atoms with Crippen molar-refractivity contribution in [1.29, 1.82) is 0 Å². The molecule has 2 nitrogen and oxygen atoms in total. The van der Waals surface area contributed by atoms with Crippen molar-refractivity contribution in [3.05, 3.63) is 35.9 Å². The summed E-state index contributed by atoms with van der Waals surface area (Å²) >= 11 is 0. The molecule has 0 aliphatic rings. The molecule has 0 aliphatic carbocycles. The third-order valence-corrected chi connectivity index (χ3v) is 1.93.